The van der Waals surface area contributed by atoms with E-state index in [-0.39, 0.29) is 24.0 Å². The van der Waals surface area contributed by atoms with Crippen molar-refractivity contribution in [1.29, 1.82) is 0 Å². The quantitative estimate of drug-likeness (QED) is 0.385. The summed E-state index contributed by atoms with van der Waals surface area (Å²) in [7, 11) is 1.86. The van der Waals surface area contributed by atoms with E-state index >= 15 is 0 Å². The molecule has 0 amide bonds. The summed E-state index contributed by atoms with van der Waals surface area (Å²) < 4.78 is 5.88. The molecule has 0 spiro atoms. The molecule has 4 nitrogen and oxygen atoms in total. The molecule has 5 heteroatoms. The second-order valence-electron chi connectivity index (χ2n) is 6.23. The Bertz CT molecular complexity index is 325. The van der Waals surface area contributed by atoms with E-state index in [9.17, 15) is 0 Å². The Hall–Kier alpha value is -0.0400. The highest BCUT2D eigenvalue weighted by atomic mass is 127. The lowest BCUT2D eigenvalue weighted by molar-refractivity contribution is 0.0992. The van der Waals surface area contributed by atoms with Crippen LogP contribution >= 0.6 is 24.0 Å². The Morgan fingerprint density at radius 2 is 2.14 bits per heavy atom. The zero-order chi connectivity index (χ0) is 14.4. The fraction of sp³-hybridized carbons (Fsp3) is 0.938. The summed E-state index contributed by atoms with van der Waals surface area (Å²) >= 11 is 0. The number of hydrogen-bond acceptors (Lipinski definition) is 2. The Morgan fingerprint density at radius 3 is 2.67 bits per heavy atom. The second-order valence-corrected chi connectivity index (χ2v) is 6.23. The zero-order valence-electron chi connectivity index (χ0n) is 13.7. The van der Waals surface area contributed by atoms with Crippen LogP contribution in [0, 0.1) is 5.92 Å². The molecular formula is C16H32IN3O. The van der Waals surface area contributed by atoms with E-state index in [4.69, 9.17) is 4.74 Å². The maximum absolute atomic E-state index is 5.88. The van der Waals surface area contributed by atoms with Crippen molar-refractivity contribution in [3.8, 4) is 0 Å². The molecule has 0 aromatic heterocycles. The Labute approximate surface area is 146 Å². The number of halogens is 1. The molecule has 2 heterocycles. The van der Waals surface area contributed by atoms with Gasteiger partial charge in [0.2, 0.25) is 0 Å². The molecule has 2 rings (SSSR count). The number of guanidine groups is 1. The highest BCUT2D eigenvalue weighted by molar-refractivity contribution is 14.0. The summed E-state index contributed by atoms with van der Waals surface area (Å²) in [6.45, 7) is 5.57. The minimum atomic E-state index is 0. The van der Waals surface area contributed by atoms with Crippen LogP contribution in [-0.4, -0.2) is 37.8 Å². The fourth-order valence-corrected chi connectivity index (χ4v) is 3.34. The van der Waals surface area contributed by atoms with Crippen LogP contribution in [0.2, 0.25) is 0 Å². The zero-order valence-corrected chi connectivity index (χ0v) is 16.1. The van der Waals surface area contributed by atoms with Crippen LogP contribution in [0.5, 0.6) is 0 Å². The van der Waals surface area contributed by atoms with Crippen LogP contribution in [0.25, 0.3) is 0 Å². The number of unbranched alkanes of at least 4 members (excludes halogenated alkanes) is 1. The van der Waals surface area contributed by atoms with Crippen LogP contribution in [-0.2, 0) is 4.74 Å². The number of aliphatic imine (C=N–C) groups is 1. The van der Waals surface area contributed by atoms with Crippen LogP contribution in [0.15, 0.2) is 4.99 Å². The fourth-order valence-electron chi connectivity index (χ4n) is 3.34. The van der Waals surface area contributed by atoms with Gasteiger partial charge in [0.1, 0.15) is 0 Å². The molecule has 4 unspecified atom stereocenters. The summed E-state index contributed by atoms with van der Waals surface area (Å²) in [6.07, 6.45) is 9.63. The van der Waals surface area contributed by atoms with E-state index in [0.717, 1.165) is 24.8 Å². The van der Waals surface area contributed by atoms with Crippen molar-refractivity contribution in [2.75, 3.05) is 13.6 Å². The van der Waals surface area contributed by atoms with E-state index in [0.29, 0.717) is 18.2 Å². The van der Waals surface area contributed by atoms with Gasteiger partial charge in [0.25, 0.3) is 0 Å². The molecule has 2 N–H and O–H groups in total. The molecule has 2 saturated heterocycles. The van der Waals surface area contributed by atoms with Crippen molar-refractivity contribution in [3.63, 3.8) is 0 Å². The predicted molar refractivity (Wildman–Crippen MR) is 99.5 cm³/mol. The summed E-state index contributed by atoms with van der Waals surface area (Å²) in [6, 6.07) is 0.454. The number of nitrogens with one attached hydrogen (secondary N) is 2. The first-order chi connectivity index (χ1) is 9.76. The minimum Gasteiger partial charge on any atom is -0.373 e. The van der Waals surface area contributed by atoms with Gasteiger partial charge in [-0.05, 0) is 31.6 Å². The van der Waals surface area contributed by atoms with Gasteiger partial charge < -0.3 is 15.4 Å². The van der Waals surface area contributed by atoms with E-state index in [1.54, 1.807) is 0 Å². The van der Waals surface area contributed by atoms with Gasteiger partial charge in [-0.15, -0.1) is 24.0 Å². The lowest BCUT2D eigenvalue weighted by Gasteiger charge is -2.24. The van der Waals surface area contributed by atoms with Gasteiger partial charge >= 0.3 is 0 Å². The normalized spacial score (nSPS) is 29.1. The van der Waals surface area contributed by atoms with Crippen LogP contribution < -0.4 is 10.6 Å². The van der Waals surface area contributed by atoms with Gasteiger partial charge in [0, 0.05) is 13.6 Å². The predicted octanol–water partition coefficient (Wildman–Crippen LogP) is 3.31. The van der Waals surface area contributed by atoms with E-state index < -0.39 is 0 Å². The van der Waals surface area contributed by atoms with Crippen molar-refractivity contribution >= 4 is 29.9 Å². The Kier molecular flexibility index (Phi) is 8.94. The highest BCUT2D eigenvalue weighted by Crippen LogP contribution is 2.34. The molecule has 21 heavy (non-hydrogen) atoms. The van der Waals surface area contributed by atoms with Crippen molar-refractivity contribution in [2.45, 2.75) is 77.0 Å². The third-order valence-electron chi connectivity index (χ3n) is 4.75. The molecule has 0 radical (unpaired) electrons. The van der Waals surface area contributed by atoms with Crippen LogP contribution in [0.3, 0.4) is 0 Å². The summed E-state index contributed by atoms with van der Waals surface area (Å²) in [5, 5.41) is 7.05. The van der Waals surface area contributed by atoms with Gasteiger partial charge in [0.15, 0.2) is 5.96 Å². The van der Waals surface area contributed by atoms with E-state index in [1.807, 2.05) is 7.05 Å². The minimum absolute atomic E-state index is 0. The third-order valence-corrected chi connectivity index (χ3v) is 4.75. The van der Waals surface area contributed by atoms with Gasteiger partial charge in [-0.2, -0.15) is 0 Å². The SMILES string of the molecule is CCCCC(CC)CNC(=NC)NC1CC2CCC1O2.I. The van der Waals surface area contributed by atoms with Crippen molar-refractivity contribution in [2.24, 2.45) is 10.9 Å². The third kappa shape index (κ3) is 5.58. The first-order valence-electron chi connectivity index (χ1n) is 8.39. The molecule has 4 atom stereocenters. The van der Waals surface area contributed by atoms with Crippen LogP contribution in [0.4, 0.5) is 0 Å². The topological polar surface area (TPSA) is 45.7 Å². The molecule has 2 bridgehead atoms. The van der Waals surface area contributed by atoms with Gasteiger partial charge in [0.05, 0.1) is 18.2 Å². The molecule has 124 valence electrons. The maximum Gasteiger partial charge on any atom is 0.191 e. The number of fused-ring (bicyclic) bond motifs is 2. The highest BCUT2D eigenvalue weighted by Gasteiger charge is 2.41. The van der Waals surface area contributed by atoms with Crippen molar-refractivity contribution < 1.29 is 4.74 Å². The molecule has 0 aromatic rings. The molecule has 2 aliphatic heterocycles. The van der Waals surface area contributed by atoms with E-state index in [1.165, 1.54) is 38.5 Å². The molecule has 2 aliphatic rings. The molecule has 0 aliphatic carbocycles. The monoisotopic (exact) mass is 409 g/mol. The molecule has 0 saturated carbocycles. The lowest BCUT2D eigenvalue weighted by atomic mass is 9.95. The van der Waals surface area contributed by atoms with Crippen LogP contribution in [0.1, 0.15) is 58.8 Å². The number of hydrogen-bond donors (Lipinski definition) is 2. The Balaban J connectivity index is 0.00000220. The van der Waals surface area contributed by atoms with Crippen molar-refractivity contribution in [1.82, 2.24) is 10.6 Å². The average molecular weight is 409 g/mol. The van der Waals surface area contributed by atoms with Gasteiger partial charge in [-0.3, -0.25) is 4.99 Å². The van der Waals surface area contributed by atoms with Gasteiger partial charge in [-0.25, -0.2) is 0 Å². The standard InChI is InChI=1S/C16H31N3O.HI/c1-4-6-7-12(5-2)11-18-16(17-3)19-14-10-13-8-9-15(14)20-13;/h12-15H,4-11H2,1-3H3,(H2,17,18,19);1H. The van der Waals surface area contributed by atoms with Gasteiger partial charge in [-0.1, -0.05) is 33.1 Å². The first kappa shape index (κ1) is 19.0. The Morgan fingerprint density at radius 1 is 1.33 bits per heavy atom. The summed E-state index contributed by atoms with van der Waals surface area (Å²) in [5.41, 5.74) is 0. The largest absolute Gasteiger partial charge is 0.373 e. The first-order valence-corrected chi connectivity index (χ1v) is 8.39. The maximum atomic E-state index is 5.88. The second kappa shape index (κ2) is 9.87. The average Bonchev–Trinajstić information content (AvgIpc) is 3.08. The summed E-state index contributed by atoms with van der Waals surface area (Å²) in [4.78, 5) is 4.36. The van der Waals surface area contributed by atoms with Crippen molar-refractivity contribution in [3.05, 3.63) is 0 Å². The lowest BCUT2D eigenvalue weighted by Crippen LogP contribution is -2.48. The number of nitrogens with zero attached hydrogens (tertiary/aromatic N) is 1. The molecular weight excluding hydrogens is 377 g/mol. The summed E-state index contributed by atoms with van der Waals surface area (Å²) in [5.74, 6) is 1.70. The molecule has 0 aromatic carbocycles. The number of rotatable bonds is 7. The van der Waals surface area contributed by atoms with E-state index in [2.05, 4.69) is 29.5 Å². The smallest absolute Gasteiger partial charge is 0.191 e. The number of ether oxygens (including phenoxy) is 1. The molecule has 2 fully saturated rings.